The third-order valence-electron chi connectivity index (χ3n) is 4.65. The van der Waals surface area contributed by atoms with Crippen molar-refractivity contribution in [3.05, 3.63) is 82.0 Å². The van der Waals surface area contributed by atoms with Crippen LogP contribution in [0, 0.1) is 13.8 Å². The fourth-order valence-electron chi connectivity index (χ4n) is 3.11. The first-order valence-corrected chi connectivity index (χ1v) is 9.74. The van der Waals surface area contributed by atoms with Crippen LogP contribution < -0.4 is 5.32 Å². The summed E-state index contributed by atoms with van der Waals surface area (Å²) in [6, 6.07) is 16.9. The second-order valence-corrected chi connectivity index (χ2v) is 7.83. The fourth-order valence-corrected chi connectivity index (χ4v) is 4.16. The largest absolute Gasteiger partial charge is 0.478 e. The van der Waals surface area contributed by atoms with E-state index in [0.717, 1.165) is 27.2 Å². The first-order valence-electron chi connectivity index (χ1n) is 8.92. The highest BCUT2D eigenvalue weighted by atomic mass is 32.1. The van der Waals surface area contributed by atoms with Gasteiger partial charge in [0.05, 0.1) is 10.9 Å². The lowest BCUT2D eigenvalue weighted by Crippen LogP contribution is -2.03. The lowest BCUT2D eigenvalue weighted by molar-refractivity contribution is 0.0697. The summed E-state index contributed by atoms with van der Waals surface area (Å²) in [7, 11) is 0. The van der Waals surface area contributed by atoms with E-state index < -0.39 is 5.97 Å². The molecule has 28 heavy (non-hydrogen) atoms. The van der Waals surface area contributed by atoms with E-state index in [1.807, 2.05) is 24.3 Å². The molecule has 2 heterocycles. The second kappa shape index (κ2) is 7.40. The number of hydrogen-bond donors (Lipinski definition) is 2. The van der Waals surface area contributed by atoms with E-state index in [1.54, 1.807) is 29.5 Å². The molecule has 0 aliphatic carbocycles. The van der Waals surface area contributed by atoms with E-state index in [9.17, 15) is 9.90 Å². The number of benzene rings is 2. The van der Waals surface area contributed by atoms with Gasteiger partial charge in [-0.25, -0.2) is 14.8 Å². The molecule has 0 fully saturated rings. The Labute approximate surface area is 166 Å². The minimum Gasteiger partial charge on any atom is -0.478 e. The highest BCUT2D eigenvalue weighted by molar-refractivity contribution is 7.18. The average Bonchev–Trinajstić information content (AvgIpc) is 2.97. The molecule has 5 nitrogen and oxygen atoms in total. The van der Waals surface area contributed by atoms with Gasteiger partial charge >= 0.3 is 5.97 Å². The zero-order valence-electron chi connectivity index (χ0n) is 15.6. The molecule has 4 aromatic rings. The molecule has 0 unspecified atom stereocenters. The molecular weight excluding hydrogens is 370 g/mol. The van der Waals surface area contributed by atoms with Gasteiger partial charge in [0.2, 0.25) is 0 Å². The summed E-state index contributed by atoms with van der Waals surface area (Å²) in [5.74, 6) is 0.487. The van der Waals surface area contributed by atoms with Crippen molar-refractivity contribution in [2.24, 2.45) is 0 Å². The Morgan fingerprint density at radius 2 is 1.86 bits per heavy atom. The topological polar surface area (TPSA) is 75.1 Å². The average molecular weight is 389 g/mol. The fraction of sp³-hybridized carbons (Fsp3) is 0.136. The van der Waals surface area contributed by atoms with E-state index in [1.165, 1.54) is 4.88 Å². The smallest absolute Gasteiger partial charge is 0.335 e. The third kappa shape index (κ3) is 3.59. The first kappa shape index (κ1) is 18.1. The lowest BCUT2D eigenvalue weighted by atomic mass is 10.1. The molecule has 2 aromatic carbocycles. The quantitative estimate of drug-likeness (QED) is 0.482. The lowest BCUT2D eigenvalue weighted by Gasteiger charge is -2.10. The molecule has 0 amide bonds. The number of thiophene rings is 1. The van der Waals surface area contributed by atoms with Gasteiger partial charge in [0, 0.05) is 17.0 Å². The number of carboxylic acids is 1. The number of fused-ring (bicyclic) bond motifs is 1. The molecule has 0 aliphatic rings. The number of carboxylic acid groups (broad SMARTS) is 1. The van der Waals surface area contributed by atoms with Crippen LogP contribution in [0.5, 0.6) is 0 Å². The maximum Gasteiger partial charge on any atom is 0.335 e. The summed E-state index contributed by atoms with van der Waals surface area (Å²) in [5, 5.41) is 13.6. The van der Waals surface area contributed by atoms with Crippen LogP contribution >= 0.6 is 11.3 Å². The van der Waals surface area contributed by atoms with Crippen molar-refractivity contribution in [1.29, 1.82) is 0 Å². The van der Waals surface area contributed by atoms with Gasteiger partial charge in [-0.1, -0.05) is 36.4 Å². The van der Waals surface area contributed by atoms with Crippen LogP contribution in [0.4, 0.5) is 11.5 Å². The Hall–Kier alpha value is -3.25. The molecule has 6 heteroatoms. The number of nitrogens with one attached hydrogen (secondary N) is 1. The second-order valence-electron chi connectivity index (χ2n) is 6.63. The van der Waals surface area contributed by atoms with Gasteiger partial charge < -0.3 is 10.4 Å². The molecule has 2 N–H and O–H groups in total. The van der Waals surface area contributed by atoms with Crippen LogP contribution in [0.2, 0.25) is 0 Å². The van der Waals surface area contributed by atoms with Gasteiger partial charge in [-0.15, -0.1) is 11.3 Å². The number of aromatic nitrogens is 2. The normalized spacial score (nSPS) is 10.9. The standard InChI is InChI=1S/C22H19N3O2S/c1-13-14(2)28-21-19(13)20(23-17-10-6-9-16(12-17)22(26)27)24-18(25-21)11-15-7-4-3-5-8-15/h3-10,12H,11H2,1-2H3,(H,26,27)(H,23,24,25). The molecule has 0 saturated carbocycles. The maximum atomic E-state index is 11.3. The van der Waals surface area contributed by atoms with Gasteiger partial charge in [0.25, 0.3) is 0 Å². The summed E-state index contributed by atoms with van der Waals surface area (Å²) in [4.78, 5) is 23.0. The van der Waals surface area contributed by atoms with Crippen LogP contribution in [0.1, 0.15) is 32.2 Å². The van der Waals surface area contributed by atoms with Crippen molar-refractivity contribution in [3.8, 4) is 0 Å². The van der Waals surface area contributed by atoms with Crippen molar-refractivity contribution in [1.82, 2.24) is 9.97 Å². The van der Waals surface area contributed by atoms with Gasteiger partial charge in [-0.05, 0) is 43.2 Å². The Bertz CT molecular complexity index is 1170. The molecule has 4 rings (SSSR count). The summed E-state index contributed by atoms with van der Waals surface area (Å²) >= 11 is 1.65. The predicted octanol–water partition coefficient (Wildman–Crippen LogP) is 5.34. The molecular formula is C22H19N3O2S. The van der Waals surface area contributed by atoms with Crippen LogP contribution in [0.3, 0.4) is 0 Å². The van der Waals surface area contributed by atoms with Crippen molar-refractivity contribution in [3.63, 3.8) is 0 Å². The van der Waals surface area contributed by atoms with Crippen LogP contribution in [-0.4, -0.2) is 21.0 Å². The molecule has 0 saturated heterocycles. The van der Waals surface area contributed by atoms with E-state index in [4.69, 9.17) is 9.97 Å². The van der Waals surface area contributed by atoms with Crippen LogP contribution in [0.15, 0.2) is 54.6 Å². The van der Waals surface area contributed by atoms with E-state index in [-0.39, 0.29) is 5.56 Å². The highest BCUT2D eigenvalue weighted by Crippen LogP contribution is 2.35. The minimum atomic E-state index is -0.955. The van der Waals surface area contributed by atoms with Gasteiger partial charge in [-0.2, -0.15) is 0 Å². The molecule has 2 aromatic heterocycles. The summed E-state index contributed by atoms with van der Waals surface area (Å²) in [5.41, 5.74) is 3.21. The van der Waals surface area contributed by atoms with Gasteiger partial charge in [0.1, 0.15) is 16.5 Å². The minimum absolute atomic E-state index is 0.234. The summed E-state index contributed by atoms with van der Waals surface area (Å²) in [6.45, 7) is 4.14. The number of aryl methyl sites for hydroxylation is 2. The zero-order chi connectivity index (χ0) is 19.7. The van der Waals surface area contributed by atoms with Gasteiger partial charge in [0.15, 0.2) is 0 Å². The summed E-state index contributed by atoms with van der Waals surface area (Å²) in [6.07, 6.45) is 0.636. The van der Waals surface area contributed by atoms with Crippen molar-refractivity contribution in [2.75, 3.05) is 5.32 Å². The first-order chi connectivity index (χ1) is 13.5. The van der Waals surface area contributed by atoms with Gasteiger partial charge in [-0.3, -0.25) is 0 Å². The highest BCUT2D eigenvalue weighted by Gasteiger charge is 2.15. The van der Waals surface area contributed by atoms with Crippen molar-refractivity contribution in [2.45, 2.75) is 20.3 Å². The summed E-state index contributed by atoms with van der Waals surface area (Å²) < 4.78 is 0. The van der Waals surface area contributed by atoms with Crippen LogP contribution in [0.25, 0.3) is 10.2 Å². The number of aromatic carboxylic acids is 1. The molecule has 140 valence electrons. The molecule has 0 aliphatic heterocycles. The number of nitrogens with zero attached hydrogens (tertiary/aromatic N) is 2. The number of carbonyl (C=O) groups is 1. The zero-order valence-corrected chi connectivity index (χ0v) is 16.4. The Kier molecular flexibility index (Phi) is 4.79. The van der Waals surface area contributed by atoms with Crippen molar-refractivity contribution < 1.29 is 9.90 Å². The SMILES string of the molecule is Cc1sc2nc(Cc3ccccc3)nc(Nc3cccc(C(=O)O)c3)c2c1C. The molecule has 0 spiro atoms. The monoisotopic (exact) mass is 389 g/mol. The number of rotatable bonds is 5. The maximum absolute atomic E-state index is 11.3. The van der Waals surface area contributed by atoms with E-state index in [0.29, 0.717) is 17.9 Å². The number of hydrogen-bond acceptors (Lipinski definition) is 5. The van der Waals surface area contributed by atoms with E-state index >= 15 is 0 Å². The Balaban J connectivity index is 1.79. The molecule has 0 bridgehead atoms. The number of anilines is 2. The van der Waals surface area contributed by atoms with E-state index in [2.05, 4.69) is 31.3 Å². The van der Waals surface area contributed by atoms with Crippen molar-refractivity contribution >= 4 is 39.0 Å². The molecule has 0 radical (unpaired) electrons. The third-order valence-corrected chi connectivity index (χ3v) is 5.75. The Morgan fingerprint density at radius 1 is 1.07 bits per heavy atom. The Morgan fingerprint density at radius 3 is 2.61 bits per heavy atom. The van der Waals surface area contributed by atoms with Crippen LogP contribution in [-0.2, 0) is 6.42 Å². The predicted molar refractivity (Wildman–Crippen MR) is 113 cm³/mol. The molecule has 0 atom stereocenters.